The Morgan fingerprint density at radius 1 is 1.44 bits per heavy atom. The average Bonchev–Trinajstić information content (AvgIpc) is 2.96. The van der Waals surface area contributed by atoms with Gasteiger partial charge in [-0.15, -0.1) is 0 Å². The third-order valence-corrected chi connectivity index (χ3v) is 5.44. The second kappa shape index (κ2) is 11.1. The Hall–Kier alpha value is -1.79. The second-order valence-corrected chi connectivity index (χ2v) is 8.13. The summed E-state index contributed by atoms with van der Waals surface area (Å²) in [5, 5.41) is 10.3. The van der Waals surface area contributed by atoms with Crippen LogP contribution < -0.4 is 0 Å². The number of cyclic esters (lactones) is 1. The number of rotatable bonds is 11. The van der Waals surface area contributed by atoms with Gasteiger partial charge in [-0.05, 0) is 31.6 Å². The Kier molecular flexibility index (Phi) is 8.88. The summed E-state index contributed by atoms with van der Waals surface area (Å²) in [5.74, 6) is 1.94. The fraction of sp³-hybridized carbons (Fsp3) is 0.524. The van der Waals surface area contributed by atoms with E-state index < -0.39 is 6.10 Å². The van der Waals surface area contributed by atoms with Crippen molar-refractivity contribution in [2.24, 2.45) is 0 Å². The summed E-state index contributed by atoms with van der Waals surface area (Å²) in [6, 6.07) is 7.95. The first-order valence-corrected chi connectivity index (χ1v) is 10.5. The van der Waals surface area contributed by atoms with Crippen LogP contribution >= 0.6 is 11.8 Å². The van der Waals surface area contributed by atoms with Gasteiger partial charge in [-0.25, -0.2) is 4.79 Å². The summed E-state index contributed by atoms with van der Waals surface area (Å²) >= 11 is 1.74. The maximum Gasteiger partial charge on any atom is 0.410 e. The van der Waals surface area contributed by atoms with Gasteiger partial charge in [-0.3, -0.25) is 4.90 Å². The number of aryl methyl sites for hydroxylation is 1. The van der Waals surface area contributed by atoms with E-state index in [-0.39, 0.29) is 17.9 Å². The number of carbonyl (C=O) groups is 2. The van der Waals surface area contributed by atoms with Gasteiger partial charge in [0, 0.05) is 25.1 Å². The van der Waals surface area contributed by atoms with Gasteiger partial charge in [-0.1, -0.05) is 42.0 Å². The molecule has 27 heavy (non-hydrogen) atoms. The molecule has 1 saturated heterocycles. The van der Waals surface area contributed by atoms with Crippen molar-refractivity contribution in [3.05, 3.63) is 47.5 Å². The highest BCUT2D eigenvalue weighted by molar-refractivity contribution is 7.99. The maximum atomic E-state index is 11.9. The van der Waals surface area contributed by atoms with Crippen LogP contribution in [0.25, 0.3) is 0 Å². The molecule has 1 heterocycles. The number of carbonyl (C=O) groups excluding carboxylic acids is 2. The Labute approximate surface area is 165 Å². The van der Waals surface area contributed by atoms with Crippen LogP contribution in [0.2, 0.25) is 0 Å². The molecule has 0 aromatic heterocycles. The van der Waals surface area contributed by atoms with Crippen LogP contribution in [-0.2, 0) is 16.0 Å². The molecule has 1 N–H and O–H groups in total. The van der Waals surface area contributed by atoms with Crippen molar-refractivity contribution >= 4 is 23.6 Å². The Morgan fingerprint density at radius 3 is 3.00 bits per heavy atom. The van der Waals surface area contributed by atoms with Gasteiger partial charge < -0.3 is 14.6 Å². The Bertz CT molecular complexity index is 661. The average molecular weight is 392 g/mol. The van der Waals surface area contributed by atoms with Crippen LogP contribution in [0.1, 0.15) is 30.9 Å². The van der Waals surface area contributed by atoms with Gasteiger partial charge in [-0.2, -0.15) is 11.8 Å². The summed E-state index contributed by atoms with van der Waals surface area (Å²) < 4.78 is 5.15. The lowest BCUT2D eigenvalue weighted by Crippen LogP contribution is -2.34. The summed E-state index contributed by atoms with van der Waals surface area (Å²) in [4.78, 5) is 24.5. The van der Waals surface area contributed by atoms with Crippen molar-refractivity contribution in [3.8, 4) is 0 Å². The van der Waals surface area contributed by atoms with E-state index in [1.54, 1.807) is 29.7 Å². The van der Waals surface area contributed by atoms with E-state index in [9.17, 15) is 14.7 Å². The van der Waals surface area contributed by atoms with E-state index in [1.807, 2.05) is 31.2 Å². The van der Waals surface area contributed by atoms with Crippen molar-refractivity contribution < 1.29 is 19.4 Å². The zero-order valence-corrected chi connectivity index (χ0v) is 16.9. The van der Waals surface area contributed by atoms with Gasteiger partial charge >= 0.3 is 6.09 Å². The molecule has 5 nitrogen and oxygen atoms in total. The first kappa shape index (κ1) is 21.5. The van der Waals surface area contributed by atoms with Gasteiger partial charge in [0.25, 0.3) is 0 Å². The third-order valence-electron chi connectivity index (χ3n) is 4.39. The quantitative estimate of drug-likeness (QED) is 0.463. The van der Waals surface area contributed by atoms with Crippen molar-refractivity contribution in [2.75, 3.05) is 24.7 Å². The van der Waals surface area contributed by atoms with Crippen molar-refractivity contribution in [2.45, 2.75) is 45.3 Å². The smallest absolute Gasteiger partial charge is 0.410 e. The predicted octanol–water partition coefficient (Wildman–Crippen LogP) is 3.38. The molecule has 1 aliphatic rings. The Balaban J connectivity index is 1.77. The minimum absolute atomic E-state index is 0.137. The number of hydrogen-bond donors (Lipinski definition) is 1. The molecule has 0 saturated carbocycles. The van der Waals surface area contributed by atoms with Crippen molar-refractivity contribution in [1.29, 1.82) is 0 Å². The molecule has 2 atom stereocenters. The molecule has 1 fully saturated rings. The highest BCUT2D eigenvalue weighted by Gasteiger charge is 2.30. The molecule has 0 unspecified atom stereocenters. The van der Waals surface area contributed by atoms with Gasteiger partial charge in [0.1, 0.15) is 12.4 Å². The molecule has 2 rings (SSSR count). The molecule has 148 valence electrons. The minimum Gasteiger partial charge on any atom is -0.447 e. The summed E-state index contributed by atoms with van der Waals surface area (Å²) in [7, 11) is 0. The maximum absolute atomic E-state index is 11.9. The van der Waals surface area contributed by atoms with Crippen LogP contribution in [-0.4, -0.2) is 58.7 Å². The van der Waals surface area contributed by atoms with Crippen LogP contribution in [0.4, 0.5) is 4.79 Å². The lowest BCUT2D eigenvalue weighted by Gasteiger charge is -2.18. The number of amides is 1. The highest BCUT2D eigenvalue weighted by atomic mass is 32.2. The van der Waals surface area contributed by atoms with E-state index >= 15 is 0 Å². The van der Waals surface area contributed by atoms with Crippen LogP contribution in [0, 0.1) is 6.92 Å². The molecule has 1 aromatic carbocycles. The van der Waals surface area contributed by atoms with E-state index in [4.69, 9.17) is 4.74 Å². The number of hydrogen-bond acceptors (Lipinski definition) is 5. The third kappa shape index (κ3) is 7.77. The lowest BCUT2D eigenvalue weighted by atomic mass is 10.0. The number of aliphatic hydroxyl groups excluding tert-OH is 1. The zero-order valence-electron chi connectivity index (χ0n) is 16.1. The van der Waals surface area contributed by atoms with Crippen LogP contribution in [0.5, 0.6) is 0 Å². The molecule has 0 bridgehead atoms. The molecule has 6 heteroatoms. The van der Waals surface area contributed by atoms with Crippen molar-refractivity contribution in [1.82, 2.24) is 4.90 Å². The summed E-state index contributed by atoms with van der Waals surface area (Å²) in [5.41, 5.74) is 2.26. The summed E-state index contributed by atoms with van der Waals surface area (Å²) in [6.45, 7) is 4.56. The number of thioether (sulfide) groups is 1. The molecule has 0 spiro atoms. The molecular weight excluding hydrogens is 362 g/mol. The molecular formula is C21H29NO4S. The number of nitrogens with zero attached hydrogens (tertiary/aromatic N) is 1. The molecule has 1 aromatic rings. The number of benzene rings is 1. The van der Waals surface area contributed by atoms with Gasteiger partial charge in [0.15, 0.2) is 0 Å². The van der Waals surface area contributed by atoms with E-state index in [0.717, 1.165) is 23.5 Å². The molecule has 0 radical (unpaired) electrons. The second-order valence-electron chi connectivity index (χ2n) is 6.90. The predicted molar refractivity (Wildman–Crippen MR) is 109 cm³/mol. The fourth-order valence-electron chi connectivity index (χ4n) is 2.97. The number of aliphatic hydroxyl groups is 1. The largest absolute Gasteiger partial charge is 0.447 e. The molecule has 1 amide bonds. The monoisotopic (exact) mass is 391 g/mol. The minimum atomic E-state index is -0.592. The number of Topliss-reactive ketones (excluding diaryl/α,β-unsaturated/α-hetero) is 1. The van der Waals surface area contributed by atoms with Gasteiger partial charge in [0.2, 0.25) is 0 Å². The lowest BCUT2D eigenvalue weighted by molar-refractivity contribution is -0.117. The SMILES string of the molecule is CC(=O)CCCSCCN1C(=O)OC[C@@H]1/C=C/[C@@H](O)Cc1cccc(C)c1. The van der Waals surface area contributed by atoms with Crippen LogP contribution in [0.15, 0.2) is 36.4 Å². The van der Waals surface area contributed by atoms with Crippen LogP contribution in [0.3, 0.4) is 0 Å². The first-order chi connectivity index (χ1) is 13.0. The van der Waals surface area contributed by atoms with Gasteiger partial charge in [0.05, 0.1) is 12.1 Å². The number of ketones is 1. The topological polar surface area (TPSA) is 66.8 Å². The van der Waals surface area contributed by atoms with E-state index in [2.05, 4.69) is 6.07 Å². The molecule has 1 aliphatic heterocycles. The standard InChI is InChI=1S/C21H29NO4S/c1-16-5-3-7-18(13-16)14-20(24)9-8-19-15-26-21(25)22(19)10-12-27-11-4-6-17(2)23/h3,5,7-9,13,19-20,24H,4,6,10-12,14-15H2,1-2H3/b9-8+/t19-,20+/m0/s1. The van der Waals surface area contributed by atoms with Crippen molar-refractivity contribution in [3.63, 3.8) is 0 Å². The Morgan fingerprint density at radius 2 is 2.26 bits per heavy atom. The molecule has 0 aliphatic carbocycles. The highest BCUT2D eigenvalue weighted by Crippen LogP contribution is 2.16. The zero-order chi connectivity index (χ0) is 19.6. The van der Waals surface area contributed by atoms with E-state index in [1.165, 1.54) is 5.56 Å². The summed E-state index contributed by atoms with van der Waals surface area (Å²) in [6.07, 6.45) is 4.76. The number of ether oxygens (including phenoxy) is 1. The first-order valence-electron chi connectivity index (χ1n) is 9.38. The van der Waals surface area contributed by atoms with E-state index in [0.29, 0.717) is 26.0 Å². The fourth-order valence-corrected chi connectivity index (χ4v) is 3.85. The normalized spacial score (nSPS) is 18.1.